The molecule has 2 aliphatic heterocycles. The molecule has 0 radical (unpaired) electrons. The third-order valence-electron chi connectivity index (χ3n) is 5.71. The van der Waals surface area contributed by atoms with Gasteiger partial charge < -0.3 is 9.68 Å². The van der Waals surface area contributed by atoms with Crippen molar-refractivity contribution in [3.63, 3.8) is 0 Å². The molecule has 5 rings (SSSR count). The monoisotopic (exact) mass is 466 g/mol. The summed E-state index contributed by atoms with van der Waals surface area (Å²) in [7, 11) is -4.35. The van der Waals surface area contributed by atoms with Crippen LogP contribution < -0.4 is 0 Å². The van der Waals surface area contributed by atoms with Gasteiger partial charge in [0.05, 0.1) is 23.7 Å². The Bertz CT molecular complexity index is 1330. The summed E-state index contributed by atoms with van der Waals surface area (Å²) in [5, 5.41) is 10.5. The Kier molecular flexibility index (Phi) is 5.63. The number of nitrogens with zero attached hydrogens (tertiary/aromatic N) is 2. The summed E-state index contributed by atoms with van der Waals surface area (Å²) in [5.74, 6) is 0.587. The van der Waals surface area contributed by atoms with Crippen LogP contribution >= 0.6 is 11.6 Å². The number of benzene rings is 2. The molecule has 0 bridgehead atoms. The Morgan fingerprint density at radius 1 is 1.09 bits per heavy atom. The van der Waals surface area contributed by atoms with Gasteiger partial charge in [-0.3, -0.25) is 0 Å². The van der Waals surface area contributed by atoms with E-state index >= 15 is 0 Å². The molecule has 0 saturated carbocycles. The highest BCUT2D eigenvalue weighted by atomic mass is 35.5. The van der Waals surface area contributed by atoms with E-state index < -0.39 is 17.0 Å². The largest absolute Gasteiger partial charge is 0.491 e. The van der Waals surface area contributed by atoms with Crippen molar-refractivity contribution in [2.75, 3.05) is 12.4 Å². The summed E-state index contributed by atoms with van der Waals surface area (Å²) in [4.78, 5) is 9.54. The van der Waals surface area contributed by atoms with Crippen LogP contribution in [-0.4, -0.2) is 42.9 Å². The van der Waals surface area contributed by atoms with Crippen molar-refractivity contribution in [2.24, 2.45) is 0 Å². The molecule has 1 aromatic heterocycles. The zero-order valence-corrected chi connectivity index (χ0v) is 18.7. The molecule has 2 aliphatic rings. The van der Waals surface area contributed by atoms with Crippen molar-refractivity contribution < 1.29 is 18.1 Å². The van der Waals surface area contributed by atoms with E-state index in [1.807, 2.05) is 42.5 Å². The average Bonchev–Trinajstić information content (AvgIpc) is 3.19. The van der Waals surface area contributed by atoms with Gasteiger partial charge in [-0.25, -0.2) is 18.4 Å². The first-order chi connectivity index (χ1) is 15.4. The minimum absolute atomic E-state index is 0.109. The molecule has 32 heavy (non-hydrogen) atoms. The van der Waals surface area contributed by atoms with E-state index in [1.165, 1.54) is 0 Å². The highest BCUT2D eigenvalue weighted by Crippen LogP contribution is 2.31. The molecule has 0 amide bonds. The van der Waals surface area contributed by atoms with Gasteiger partial charge in [-0.05, 0) is 41.6 Å². The lowest BCUT2D eigenvalue weighted by molar-refractivity contribution is 0.316. The van der Waals surface area contributed by atoms with Crippen LogP contribution in [0.15, 0.2) is 59.5 Å². The molecule has 0 aliphatic carbocycles. The molecule has 2 aromatic carbocycles. The molecule has 0 fully saturated rings. The van der Waals surface area contributed by atoms with E-state index in [1.54, 1.807) is 12.1 Å². The number of aromatic nitrogens is 2. The maximum atomic E-state index is 12.9. The lowest BCUT2D eigenvalue weighted by Gasteiger charge is -2.20. The van der Waals surface area contributed by atoms with E-state index in [0.29, 0.717) is 48.1 Å². The van der Waals surface area contributed by atoms with Crippen LogP contribution in [0.1, 0.15) is 28.9 Å². The topological polar surface area (TPSA) is 89.4 Å². The van der Waals surface area contributed by atoms with Crippen molar-refractivity contribution in [3.8, 4) is 11.4 Å². The maximum absolute atomic E-state index is 12.9. The van der Waals surface area contributed by atoms with E-state index in [4.69, 9.17) is 16.3 Å². The summed E-state index contributed by atoms with van der Waals surface area (Å²) in [6.45, 7) is 0.384. The predicted molar refractivity (Wildman–Crippen MR) is 124 cm³/mol. The highest BCUT2D eigenvalue weighted by molar-refractivity contribution is 7.91. The van der Waals surface area contributed by atoms with E-state index in [9.17, 15) is 13.4 Å². The molecule has 1 N–H and O–H groups in total. The van der Waals surface area contributed by atoms with Crippen LogP contribution in [0.4, 0.5) is 0 Å². The SMILES string of the molecule is O=S1(=O)CCCc2nc(-c3cccc(Cl)c3)nc(Cc3ccc(C4=CCOB4O)cc3)c21. The third kappa shape index (κ3) is 4.11. The molecule has 6 nitrogen and oxygen atoms in total. The molecular formula is C23H20BClN2O4S. The fraction of sp³-hybridized carbons (Fsp3) is 0.217. The molecule has 0 spiro atoms. The van der Waals surface area contributed by atoms with Gasteiger partial charge in [0, 0.05) is 17.0 Å². The number of aryl methyl sites for hydroxylation is 1. The second-order valence-electron chi connectivity index (χ2n) is 7.92. The molecule has 0 unspecified atom stereocenters. The van der Waals surface area contributed by atoms with Gasteiger partial charge >= 0.3 is 7.12 Å². The number of halogens is 1. The van der Waals surface area contributed by atoms with Gasteiger partial charge in [0.25, 0.3) is 0 Å². The molecule has 3 aromatic rings. The molecule has 162 valence electrons. The first kappa shape index (κ1) is 21.3. The summed E-state index contributed by atoms with van der Waals surface area (Å²) >= 11 is 6.15. The Morgan fingerprint density at radius 2 is 1.91 bits per heavy atom. The second kappa shape index (κ2) is 8.44. The quantitative estimate of drug-likeness (QED) is 0.592. The van der Waals surface area contributed by atoms with Crippen LogP contribution in [0.2, 0.25) is 5.02 Å². The minimum Gasteiger partial charge on any atom is -0.423 e. The minimum atomic E-state index is -3.44. The number of hydrogen-bond acceptors (Lipinski definition) is 6. The van der Waals surface area contributed by atoms with Gasteiger partial charge in [0.15, 0.2) is 15.7 Å². The van der Waals surface area contributed by atoms with E-state index in [0.717, 1.165) is 22.2 Å². The Hall–Kier alpha value is -2.52. The highest BCUT2D eigenvalue weighted by Gasteiger charge is 2.30. The number of hydrogen-bond donors (Lipinski definition) is 1. The number of fused-ring (bicyclic) bond motifs is 1. The average molecular weight is 467 g/mol. The van der Waals surface area contributed by atoms with Gasteiger partial charge in [0.1, 0.15) is 4.90 Å². The first-order valence-electron chi connectivity index (χ1n) is 10.4. The lowest BCUT2D eigenvalue weighted by atomic mass is 9.76. The smallest absolute Gasteiger partial charge is 0.423 e. The standard InChI is InChI=1S/C23H20BClN2O4S/c25-18-4-1-3-17(14-18)23-26-20-5-2-12-32(29,30)22(20)21(27-23)13-15-6-8-16(9-7-15)19-10-11-31-24(19)28/h1,3-4,6-10,14,28H,2,5,11-13H2. The van der Waals surface area contributed by atoms with Crippen molar-refractivity contribution in [2.45, 2.75) is 24.2 Å². The zero-order chi connectivity index (χ0) is 22.3. The van der Waals surface area contributed by atoms with Crippen molar-refractivity contribution in [1.82, 2.24) is 9.97 Å². The summed E-state index contributed by atoms with van der Waals surface area (Å²) in [5.41, 5.74) is 4.35. The second-order valence-corrected chi connectivity index (χ2v) is 10.4. The maximum Gasteiger partial charge on any atom is 0.491 e. The third-order valence-corrected chi connectivity index (χ3v) is 7.86. The van der Waals surface area contributed by atoms with Gasteiger partial charge in [0.2, 0.25) is 0 Å². The summed E-state index contributed by atoms with van der Waals surface area (Å²) in [6, 6.07) is 14.9. The van der Waals surface area contributed by atoms with Gasteiger partial charge in [-0.15, -0.1) is 0 Å². The van der Waals surface area contributed by atoms with Gasteiger partial charge in [-0.2, -0.15) is 0 Å². The number of rotatable bonds is 4. The van der Waals surface area contributed by atoms with Crippen LogP contribution in [0.5, 0.6) is 0 Å². The first-order valence-corrected chi connectivity index (χ1v) is 12.4. The Labute approximate surface area is 192 Å². The zero-order valence-electron chi connectivity index (χ0n) is 17.2. The molecule has 3 heterocycles. The van der Waals surface area contributed by atoms with E-state index in [-0.39, 0.29) is 10.6 Å². The molecule has 0 atom stereocenters. The lowest BCUT2D eigenvalue weighted by Crippen LogP contribution is -2.21. The van der Waals surface area contributed by atoms with Gasteiger partial charge in [-0.1, -0.05) is 54.1 Å². The fourth-order valence-electron chi connectivity index (χ4n) is 4.17. The van der Waals surface area contributed by atoms with Crippen molar-refractivity contribution in [1.29, 1.82) is 0 Å². The van der Waals surface area contributed by atoms with E-state index in [2.05, 4.69) is 9.97 Å². The summed E-state index contributed by atoms with van der Waals surface area (Å²) < 4.78 is 31.0. The number of sulfone groups is 1. The van der Waals surface area contributed by atoms with Crippen molar-refractivity contribution >= 4 is 34.0 Å². The fourth-order valence-corrected chi connectivity index (χ4v) is 6.08. The Morgan fingerprint density at radius 3 is 2.62 bits per heavy atom. The van der Waals surface area contributed by atoms with Crippen molar-refractivity contribution in [3.05, 3.63) is 82.1 Å². The van der Waals surface area contributed by atoms with Crippen LogP contribution in [0.25, 0.3) is 16.9 Å². The predicted octanol–water partition coefficient (Wildman–Crippen LogP) is 3.54. The molecule has 0 saturated heterocycles. The Balaban J connectivity index is 1.56. The van der Waals surface area contributed by atoms with Crippen LogP contribution in [0, 0.1) is 0 Å². The normalized spacial score (nSPS) is 17.2. The van der Waals surface area contributed by atoms with Crippen LogP contribution in [0.3, 0.4) is 0 Å². The molecular weight excluding hydrogens is 447 g/mol. The molecule has 9 heteroatoms. The van der Waals surface area contributed by atoms with Crippen LogP contribution in [-0.2, 0) is 27.3 Å². The summed E-state index contributed by atoms with van der Waals surface area (Å²) in [6.07, 6.45) is 3.36.